The standard InChI is InChI=1S/C12H18O5/c1-13-8-16-7-10-4-5-11(17-9-14-2)12(6-10)15-3/h4-6H,7-9H2,1-3H3. The molecule has 0 bridgehead atoms. The molecular formula is C12H18O5. The highest BCUT2D eigenvalue weighted by molar-refractivity contribution is 5.42. The Bertz CT molecular complexity index is 327. The first-order chi connectivity index (χ1) is 8.31. The fraction of sp³-hybridized carbons (Fsp3) is 0.500. The van der Waals surface area contributed by atoms with Crippen molar-refractivity contribution in [3.8, 4) is 11.5 Å². The smallest absolute Gasteiger partial charge is 0.188 e. The Morgan fingerprint density at radius 2 is 1.71 bits per heavy atom. The zero-order valence-electron chi connectivity index (χ0n) is 10.4. The van der Waals surface area contributed by atoms with Gasteiger partial charge in [0, 0.05) is 14.2 Å². The van der Waals surface area contributed by atoms with Crippen molar-refractivity contribution in [3.63, 3.8) is 0 Å². The molecule has 0 unspecified atom stereocenters. The van der Waals surface area contributed by atoms with E-state index in [-0.39, 0.29) is 13.6 Å². The van der Waals surface area contributed by atoms with Gasteiger partial charge in [0.05, 0.1) is 13.7 Å². The lowest BCUT2D eigenvalue weighted by Gasteiger charge is -2.11. The molecule has 0 saturated carbocycles. The summed E-state index contributed by atoms with van der Waals surface area (Å²) in [6.07, 6.45) is 0. The fourth-order valence-corrected chi connectivity index (χ4v) is 1.29. The van der Waals surface area contributed by atoms with Crippen LogP contribution in [0.3, 0.4) is 0 Å². The van der Waals surface area contributed by atoms with Gasteiger partial charge in [0.15, 0.2) is 18.3 Å². The number of methoxy groups -OCH3 is 3. The second-order valence-corrected chi connectivity index (χ2v) is 3.29. The van der Waals surface area contributed by atoms with E-state index in [4.69, 9.17) is 23.7 Å². The Labute approximate surface area is 101 Å². The molecule has 0 aliphatic carbocycles. The molecular weight excluding hydrogens is 224 g/mol. The minimum Gasteiger partial charge on any atom is -0.493 e. The molecule has 0 atom stereocenters. The topological polar surface area (TPSA) is 46.2 Å². The van der Waals surface area contributed by atoms with Crippen molar-refractivity contribution in [2.24, 2.45) is 0 Å². The van der Waals surface area contributed by atoms with E-state index in [0.717, 1.165) is 5.56 Å². The van der Waals surface area contributed by atoms with Crippen molar-refractivity contribution in [1.82, 2.24) is 0 Å². The molecule has 0 radical (unpaired) electrons. The summed E-state index contributed by atoms with van der Waals surface area (Å²) in [7, 11) is 4.75. The van der Waals surface area contributed by atoms with Gasteiger partial charge in [0.25, 0.3) is 0 Å². The minimum absolute atomic E-state index is 0.190. The van der Waals surface area contributed by atoms with Gasteiger partial charge in [-0.25, -0.2) is 0 Å². The van der Waals surface area contributed by atoms with Gasteiger partial charge >= 0.3 is 0 Å². The highest BCUT2D eigenvalue weighted by Crippen LogP contribution is 2.28. The van der Waals surface area contributed by atoms with Gasteiger partial charge < -0.3 is 23.7 Å². The number of hydrogen-bond donors (Lipinski definition) is 0. The van der Waals surface area contributed by atoms with Crippen LogP contribution in [0, 0.1) is 0 Å². The summed E-state index contributed by atoms with van der Waals surface area (Å²) >= 11 is 0. The van der Waals surface area contributed by atoms with Gasteiger partial charge in [-0.3, -0.25) is 0 Å². The zero-order valence-corrected chi connectivity index (χ0v) is 10.4. The van der Waals surface area contributed by atoms with Crippen LogP contribution in [0.5, 0.6) is 11.5 Å². The van der Waals surface area contributed by atoms with Crippen LogP contribution in [0.4, 0.5) is 0 Å². The van der Waals surface area contributed by atoms with Gasteiger partial charge in [-0.05, 0) is 17.7 Å². The molecule has 0 heterocycles. The van der Waals surface area contributed by atoms with Crippen LogP contribution in [0.25, 0.3) is 0 Å². The lowest BCUT2D eigenvalue weighted by molar-refractivity contribution is -0.0391. The number of ether oxygens (including phenoxy) is 5. The van der Waals surface area contributed by atoms with E-state index >= 15 is 0 Å². The minimum atomic E-state index is 0.190. The van der Waals surface area contributed by atoms with E-state index in [2.05, 4.69) is 0 Å². The predicted molar refractivity (Wildman–Crippen MR) is 62.2 cm³/mol. The van der Waals surface area contributed by atoms with Crippen LogP contribution < -0.4 is 9.47 Å². The number of hydrogen-bond acceptors (Lipinski definition) is 5. The maximum Gasteiger partial charge on any atom is 0.188 e. The largest absolute Gasteiger partial charge is 0.493 e. The highest BCUT2D eigenvalue weighted by atomic mass is 16.7. The van der Waals surface area contributed by atoms with E-state index in [1.165, 1.54) is 0 Å². The summed E-state index contributed by atoms with van der Waals surface area (Å²) < 4.78 is 25.5. The SMILES string of the molecule is COCOCc1ccc(OCOC)c(OC)c1. The van der Waals surface area contributed by atoms with E-state index in [0.29, 0.717) is 18.1 Å². The molecule has 5 nitrogen and oxygen atoms in total. The van der Waals surface area contributed by atoms with Gasteiger partial charge in [-0.15, -0.1) is 0 Å². The summed E-state index contributed by atoms with van der Waals surface area (Å²) in [5, 5.41) is 0. The van der Waals surface area contributed by atoms with Crippen LogP contribution >= 0.6 is 0 Å². The van der Waals surface area contributed by atoms with Crippen molar-refractivity contribution in [1.29, 1.82) is 0 Å². The summed E-state index contributed by atoms with van der Waals surface area (Å²) in [6, 6.07) is 5.59. The lowest BCUT2D eigenvalue weighted by Crippen LogP contribution is -2.02. The first-order valence-electron chi connectivity index (χ1n) is 5.17. The maximum absolute atomic E-state index is 5.35. The summed E-state index contributed by atoms with van der Waals surface area (Å²) in [5.41, 5.74) is 0.990. The summed E-state index contributed by atoms with van der Waals surface area (Å²) in [4.78, 5) is 0. The third-order valence-corrected chi connectivity index (χ3v) is 2.03. The van der Waals surface area contributed by atoms with Crippen molar-refractivity contribution < 1.29 is 23.7 Å². The van der Waals surface area contributed by atoms with Crippen LogP contribution in [0.15, 0.2) is 18.2 Å². The van der Waals surface area contributed by atoms with E-state index in [1.807, 2.05) is 18.2 Å². The normalized spacial score (nSPS) is 10.3. The average molecular weight is 242 g/mol. The Balaban J connectivity index is 2.63. The average Bonchev–Trinajstić information content (AvgIpc) is 2.37. The highest BCUT2D eigenvalue weighted by Gasteiger charge is 2.05. The molecule has 0 fully saturated rings. The molecule has 0 aromatic heterocycles. The van der Waals surface area contributed by atoms with E-state index < -0.39 is 0 Å². The molecule has 17 heavy (non-hydrogen) atoms. The molecule has 0 aliphatic rings. The van der Waals surface area contributed by atoms with Crippen LogP contribution in [0.2, 0.25) is 0 Å². The molecule has 1 rings (SSSR count). The molecule has 0 amide bonds. The van der Waals surface area contributed by atoms with E-state index in [1.54, 1.807) is 21.3 Å². The molecule has 0 saturated heterocycles. The van der Waals surface area contributed by atoms with Crippen molar-refractivity contribution in [3.05, 3.63) is 23.8 Å². The maximum atomic E-state index is 5.35. The molecule has 0 aliphatic heterocycles. The molecule has 1 aromatic carbocycles. The van der Waals surface area contributed by atoms with Crippen molar-refractivity contribution in [2.75, 3.05) is 34.9 Å². The first kappa shape index (κ1) is 13.8. The Morgan fingerprint density at radius 1 is 0.941 bits per heavy atom. The fourth-order valence-electron chi connectivity index (χ4n) is 1.29. The van der Waals surface area contributed by atoms with Gasteiger partial charge in [-0.1, -0.05) is 6.07 Å². The van der Waals surface area contributed by atoms with Gasteiger partial charge in [-0.2, -0.15) is 0 Å². The third-order valence-electron chi connectivity index (χ3n) is 2.03. The zero-order chi connectivity index (χ0) is 12.5. The Morgan fingerprint density at radius 3 is 2.35 bits per heavy atom. The molecule has 1 aromatic rings. The third kappa shape index (κ3) is 4.60. The van der Waals surface area contributed by atoms with Gasteiger partial charge in [0.2, 0.25) is 0 Å². The van der Waals surface area contributed by atoms with Crippen LogP contribution in [0.1, 0.15) is 5.56 Å². The van der Waals surface area contributed by atoms with Crippen LogP contribution in [-0.4, -0.2) is 34.9 Å². The quantitative estimate of drug-likeness (QED) is 0.514. The van der Waals surface area contributed by atoms with E-state index in [9.17, 15) is 0 Å². The monoisotopic (exact) mass is 242 g/mol. The summed E-state index contributed by atoms with van der Waals surface area (Å²) in [6.45, 7) is 0.925. The number of benzene rings is 1. The molecule has 5 heteroatoms. The summed E-state index contributed by atoms with van der Waals surface area (Å²) in [5.74, 6) is 1.30. The molecule has 96 valence electrons. The second-order valence-electron chi connectivity index (χ2n) is 3.29. The van der Waals surface area contributed by atoms with Crippen molar-refractivity contribution >= 4 is 0 Å². The van der Waals surface area contributed by atoms with Crippen molar-refractivity contribution in [2.45, 2.75) is 6.61 Å². The molecule has 0 N–H and O–H groups in total. The Hall–Kier alpha value is -1.30. The molecule has 0 spiro atoms. The Kier molecular flexibility index (Phi) is 6.39. The second kappa shape index (κ2) is 7.89. The first-order valence-corrected chi connectivity index (χ1v) is 5.17. The van der Waals surface area contributed by atoms with Gasteiger partial charge in [0.1, 0.15) is 6.79 Å². The number of rotatable bonds is 8. The lowest BCUT2D eigenvalue weighted by atomic mass is 10.2. The predicted octanol–water partition coefficient (Wildman–Crippen LogP) is 1.80. The van der Waals surface area contributed by atoms with Crippen LogP contribution in [-0.2, 0) is 20.8 Å².